The van der Waals surface area contributed by atoms with Gasteiger partial charge in [-0.25, -0.2) is 14.8 Å². The molecule has 3 aromatic rings. The Labute approximate surface area is 652 Å². The fourth-order valence-electron chi connectivity index (χ4n) is 10.9. The van der Waals surface area contributed by atoms with Crippen LogP contribution in [-0.2, 0) is 68.9 Å². The molecule has 642 valence electrons. The maximum atomic E-state index is 14.7. The molecule has 47 nitrogen and oxygen atoms in total. The molecule has 0 saturated carbocycles. The quantitative estimate of drug-likeness (QED) is 0.0249. The number of Topliss-reactive ketones (excluding diaryl/α,β-unsaturated/α-hetero) is 3. The summed E-state index contributed by atoms with van der Waals surface area (Å²) in [6, 6.07) is -2.07. The van der Waals surface area contributed by atoms with Crippen LogP contribution in [0.15, 0.2) is 35.3 Å². The summed E-state index contributed by atoms with van der Waals surface area (Å²) in [6.45, 7) is -4.80. The smallest absolute Gasteiger partial charge is 0.326 e. The van der Waals surface area contributed by atoms with Crippen molar-refractivity contribution in [2.45, 2.75) is 207 Å². The number of nitrogen functional groups attached to an aromatic ring is 1. The molecule has 0 fully saturated rings. The molecule has 3 rings (SSSR count). The monoisotopic (exact) mass is 1640 g/mol. The highest BCUT2D eigenvalue weighted by molar-refractivity contribution is 5.99. The predicted octanol–water partition coefficient (Wildman–Crippen LogP) is -11.1. The molecule has 115 heavy (non-hydrogen) atoms. The average molecular weight is 1640 g/mol. The van der Waals surface area contributed by atoms with E-state index >= 15 is 0 Å². The van der Waals surface area contributed by atoms with Gasteiger partial charge in [0.2, 0.25) is 41.4 Å². The second-order valence-corrected chi connectivity index (χ2v) is 27.0. The van der Waals surface area contributed by atoms with Gasteiger partial charge in [-0.15, -0.1) is 0 Å². The van der Waals surface area contributed by atoms with Crippen molar-refractivity contribution >= 4 is 105 Å². The highest BCUT2D eigenvalue weighted by atomic mass is 16.4. The number of carbonyl (C=O) groups is 14. The SMILES string of the molecule is C[C@@H](NC(=O)[C@H](CCC(=O)NC[C@H](O)[C@@H](O)[C@H](O)[C@H](O)CO)CC(=O)[C@@H](CCC(=O)O)NC(=O)[C@H](CCC(=O)NC[C@H](O)[C@@H](O)[C@H](O)[C@H](O)CO)CC(=O)[C@@H](CCC(=O)O)NC(=O)[C@H](CCC(=O)NC[C@H](O)[C@@H](O)[C@H](O)[C@H](O)CO)CC(=O)CC[C@@H](NC(=O)c1ccc(NCc2cnc3nc(N)[nH]c(=O)c3n2)cc1)C(=O)O)C(=O)O. The first-order chi connectivity index (χ1) is 54.0. The summed E-state index contributed by atoms with van der Waals surface area (Å²) in [5.74, 6) is -23.6. The second kappa shape index (κ2) is 49.4. The molecule has 0 unspecified atom stereocenters. The number of nitrogens with one attached hydrogen (secondary N) is 9. The zero-order valence-electron chi connectivity index (χ0n) is 62.0. The number of anilines is 2. The van der Waals surface area contributed by atoms with E-state index in [1.165, 1.54) is 30.5 Å². The number of aromatic nitrogens is 4. The Kier molecular flexibility index (Phi) is 42.5. The molecule has 0 saturated heterocycles. The third-order valence-electron chi connectivity index (χ3n) is 18.0. The van der Waals surface area contributed by atoms with Crippen LogP contribution in [0.1, 0.15) is 119 Å². The fraction of sp³-hybridized carbons (Fsp3) is 0.618. The largest absolute Gasteiger partial charge is 0.481 e. The predicted molar refractivity (Wildman–Crippen MR) is 387 cm³/mol. The van der Waals surface area contributed by atoms with Crippen molar-refractivity contribution in [3.05, 3.63) is 52.1 Å². The van der Waals surface area contributed by atoms with Crippen molar-refractivity contribution in [3.63, 3.8) is 0 Å². The van der Waals surface area contributed by atoms with Crippen LogP contribution < -0.4 is 53.8 Å². The summed E-state index contributed by atoms with van der Waals surface area (Å²) in [6.07, 6.45) is -36.3. The van der Waals surface area contributed by atoms with Crippen molar-refractivity contribution in [2.24, 2.45) is 17.8 Å². The number of carboxylic acid groups (broad SMARTS) is 4. The maximum absolute atomic E-state index is 14.7. The van der Waals surface area contributed by atoms with E-state index in [0.717, 1.165) is 6.92 Å². The summed E-state index contributed by atoms with van der Waals surface area (Å²) in [5.41, 5.74) is 5.43. The number of carboxylic acids is 4. The number of carbonyl (C=O) groups excluding carboxylic acids is 10. The number of H-pyrrole nitrogens is 1. The lowest BCUT2D eigenvalue weighted by Gasteiger charge is -2.26. The molecule has 0 aliphatic heterocycles. The molecule has 0 radical (unpaired) electrons. The topological polar surface area (TPSA) is 817 Å². The molecule has 0 aliphatic carbocycles. The van der Waals surface area contributed by atoms with Crippen molar-refractivity contribution in [1.29, 1.82) is 0 Å². The van der Waals surface area contributed by atoms with E-state index in [2.05, 4.69) is 62.5 Å². The Morgan fingerprint density at radius 3 is 1.22 bits per heavy atom. The number of aliphatic carboxylic acids is 4. The molecular weight excluding hydrogens is 1540 g/mol. The molecule has 1 aromatic carbocycles. The zero-order chi connectivity index (χ0) is 86.7. The van der Waals surface area contributed by atoms with Crippen LogP contribution in [0.4, 0.5) is 11.6 Å². The Morgan fingerprint density at radius 2 is 0.835 bits per heavy atom. The first-order valence-electron chi connectivity index (χ1n) is 35.9. The normalized spacial score (nSPS) is 16.5. The van der Waals surface area contributed by atoms with Gasteiger partial charge in [0.15, 0.2) is 22.7 Å². The van der Waals surface area contributed by atoms with Crippen molar-refractivity contribution in [2.75, 3.05) is 50.5 Å². The molecule has 2 aromatic heterocycles. The number of fused-ring (bicyclic) bond motifs is 1. The van der Waals surface area contributed by atoms with E-state index in [1.54, 1.807) is 0 Å². The highest BCUT2D eigenvalue weighted by Gasteiger charge is 2.38. The van der Waals surface area contributed by atoms with Gasteiger partial charge >= 0.3 is 23.9 Å². The number of aliphatic hydroxyl groups is 15. The second-order valence-electron chi connectivity index (χ2n) is 27.0. The Hall–Kier alpha value is -10.4. The van der Waals surface area contributed by atoms with Gasteiger partial charge in [0, 0.05) is 106 Å². The number of ketones is 3. The van der Waals surface area contributed by atoms with Gasteiger partial charge in [0.05, 0.1) is 68.7 Å². The summed E-state index contributed by atoms with van der Waals surface area (Å²) < 4.78 is 0. The van der Waals surface area contributed by atoms with Crippen LogP contribution in [0, 0.1) is 17.8 Å². The first kappa shape index (κ1) is 98.8. The van der Waals surface area contributed by atoms with Crippen LogP contribution in [0.3, 0.4) is 0 Å². The van der Waals surface area contributed by atoms with Crippen molar-refractivity contribution in [3.8, 4) is 0 Å². The lowest BCUT2D eigenvalue weighted by molar-refractivity contribution is -0.142. The number of hydrogen-bond donors (Lipinski definition) is 29. The molecule has 19 atom stereocenters. The minimum atomic E-state index is -2.21. The van der Waals surface area contributed by atoms with Gasteiger partial charge in [-0.3, -0.25) is 72.1 Å². The zero-order valence-corrected chi connectivity index (χ0v) is 62.0. The van der Waals surface area contributed by atoms with Crippen LogP contribution in [-0.4, -0.2) is 336 Å². The summed E-state index contributed by atoms with van der Waals surface area (Å²) >= 11 is 0. The molecule has 7 amide bonds. The third kappa shape index (κ3) is 34.3. The number of hydrogen-bond acceptors (Lipinski definition) is 35. The third-order valence-corrected chi connectivity index (χ3v) is 18.0. The number of aliphatic hydroxyl groups excluding tert-OH is 15. The fourth-order valence-corrected chi connectivity index (χ4v) is 10.9. The molecule has 0 bridgehead atoms. The van der Waals surface area contributed by atoms with E-state index in [1.807, 2.05) is 0 Å². The number of aromatic amines is 1. The van der Waals surface area contributed by atoms with Gasteiger partial charge in [-0.05, 0) is 69.7 Å². The lowest BCUT2D eigenvalue weighted by Crippen LogP contribution is -2.50. The van der Waals surface area contributed by atoms with Gasteiger partial charge in [-0.1, -0.05) is 0 Å². The summed E-state index contributed by atoms with van der Waals surface area (Å²) in [4.78, 5) is 215. The van der Waals surface area contributed by atoms with Crippen LogP contribution >= 0.6 is 0 Å². The number of amides is 7. The maximum Gasteiger partial charge on any atom is 0.326 e. The van der Waals surface area contributed by atoms with Crippen LogP contribution in [0.5, 0.6) is 0 Å². The summed E-state index contributed by atoms with van der Waals surface area (Å²) in [7, 11) is 0. The first-order valence-corrected chi connectivity index (χ1v) is 35.9. The summed E-state index contributed by atoms with van der Waals surface area (Å²) in [5, 5.41) is 207. The Morgan fingerprint density at radius 1 is 0.452 bits per heavy atom. The van der Waals surface area contributed by atoms with Gasteiger partial charge < -0.3 is 145 Å². The Bertz CT molecular complexity index is 3840. The van der Waals surface area contributed by atoms with E-state index < -0.39 is 339 Å². The molecule has 0 spiro atoms. The average Bonchev–Trinajstić information content (AvgIpc) is 0.808. The van der Waals surface area contributed by atoms with Crippen molar-refractivity contribution < 1.29 is 164 Å². The number of rotatable bonds is 57. The highest BCUT2D eigenvalue weighted by Crippen LogP contribution is 2.23. The number of benzene rings is 1. The van der Waals surface area contributed by atoms with E-state index in [-0.39, 0.29) is 29.2 Å². The Balaban J connectivity index is 2.04. The standard InChI is InChI=1S/C68H101N13O34/c1-29(66(112)113)75-62(108)32(5-14-49(95)72-24-43(89)55(102)58(105)46(92)27-83)19-40(86)38(12-17-52(99)100)78-64(110)33(6-15-50(96)73-25-44(90)56(103)59(106)47(93)28-84)20-41(87)37(11-16-51(97)98)77-63(109)31(4-13-48(94)71-23-42(88)54(101)57(104)45(91)26-82)18-36(85)9-10-39(67(114)115)79-61(107)30-2-7-34(8-3-30)70-21-35-22-74-60-53(76-35)65(111)81-68(69)80-60/h2-3,7-8,22,29,31-33,37-39,42-47,54-59,70,82-84,88-93,101-106H,4-6,9-21,23-28H2,1H3,(H,71,94)(H,72,95)(H,73,96)(H,75,108)(H,77,109)(H,78,110)(H,79,107)(H,97,98)(H,99,100)(H,112,113)(H,114,115)(H3,69,74,80,81,111)/t29-,31-,32-,33-,37-,38-,39-,42+,43+,44+,45-,46-,47-,54-,55-,56-,57-,58-,59-/m1/s1. The minimum Gasteiger partial charge on any atom is -0.481 e. The molecule has 47 heteroatoms. The van der Waals surface area contributed by atoms with Crippen LogP contribution in [0.2, 0.25) is 0 Å². The molecule has 2 heterocycles. The van der Waals surface area contributed by atoms with Gasteiger partial charge in [0.1, 0.15) is 72.8 Å². The minimum absolute atomic E-state index is 0.0103. The molecular formula is C68H101N13O34. The van der Waals surface area contributed by atoms with Gasteiger partial charge in [-0.2, -0.15) is 4.98 Å². The number of nitrogens with zero attached hydrogens (tertiary/aromatic N) is 3. The lowest BCUT2D eigenvalue weighted by atomic mass is 9.89. The van der Waals surface area contributed by atoms with Gasteiger partial charge in [0.25, 0.3) is 11.5 Å². The van der Waals surface area contributed by atoms with E-state index in [4.69, 9.17) is 10.8 Å². The van der Waals surface area contributed by atoms with E-state index in [9.17, 15) is 164 Å². The number of nitrogens with two attached hydrogens (primary N) is 1. The van der Waals surface area contributed by atoms with Crippen molar-refractivity contribution in [1.82, 2.24) is 57.2 Å². The molecule has 30 N–H and O–H groups in total. The molecule has 0 aliphatic rings. The van der Waals surface area contributed by atoms with E-state index in [0.29, 0.717) is 11.4 Å². The van der Waals surface area contributed by atoms with Crippen LogP contribution in [0.25, 0.3) is 11.2 Å².